The Labute approximate surface area is 177 Å². The van der Waals surface area contributed by atoms with E-state index in [2.05, 4.69) is 5.32 Å². The van der Waals surface area contributed by atoms with Gasteiger partial charge < -0.3 is 10.1 Å². The Morgan fingerprint density at radius 3 is 2.34 bits per heavy atom. The van der Waals surface area contributed by atoms with Crippen molar-refractivity contribution in [1.82, 2.24) is 5.32 Å². The highest BCUT2D eigenvalue weighted by Crippen LogP contribution is 2.34. The molecule has 6 nitrogen and oxygen atoms in total. The average Bonchev–Trinajstić information content (AvgIpc) is 2.60. The molecule has 0 aliphatic heterocycles. The lowest BCUT2D eigenvalue weighted by Gasteiger charge is -2.30. The van der Waals surface area contributed by atoms with E-state index in [0.29, 0.717) is 10.8 Å². The lowest BCUT2D eigenvalue weighted by Crippen LogP contribution is -2.48. The number of amides is 1. The summed E-state index contributed by atoms with van der Waals surface area (Å²) in [6.45, 7) is 7.39. The van der Waals surface area contributed by atoms with E-state index in [1.165, 1.54) is 20.1 Å². The normalized spacial score (nSPS) is 13.5. The third-order valence-corrected chi connectivity index (χ3v) is 6.18. The number of ether oxygens (including phenoxy) is 1. The lowest BCUT2D eigenvalue weighted by molar-refractivity contribution is -0.122. The molecule has 158 valence electrons. The fraction of sp³-hybridized carbons (Fsp3) is 0.381. The van der Waals surface area contributed by atoms with Crippen LogP contribution in [0.1, 0.15) is 36.6 Å². The Morgan fingerprint density at radius 1 is 1.14 bits per heavy atom. The summed E-state index contributed by atoms with van der Waals surface area (Å²) in [4.78, 5) is 13.0. The molecule has 0 saturated carbocycles. The molecule has 0 aromatic heterocycles. The Bertz CT molecular complexity index is 1010. The molecule has 0 aliphatic rings. The van der Waals surface area contributed by atoms with E-state index < -0.39 is 22.0 Å². The molecule has 29 heavy (non-hydrogen) atoms. The van der Waals surface area contributed by atoms with Gasteiger partial charge in [0.2, 0.25) is 15.9 Å². The van der Waals surface area contributed by atoms with Crippen LogP contribution in [0.15, 0.2) is 36.4 Å². The Kier molecular flexibility index (Phi) is 7.19. The smallest absolute Gasteiger partial charge is 0.244 e. The van der Waals surface area contributed by atoms with Gasteiger partial charge in [0, 0.05) is 5.02 Å². The van der Waals surface area contributed by atoms with Crippen molar-refractivity contribution in [2.45, 2.75) is 39.8 Å². The maximum Gasteiger partial charge on any atom is 0.244 e. The zero-order chi connectivity index (χ0) is 21.9. The van der Waals surface area contributed by atoms with Crippen molar-refractivity contribution >= 4 is 33.2 Å². The van der Waals surface area contributed by atoms with Crippen molar-refractivity contribution in [3.63, 3.8) is 0 Å². The standard InChI is InChI=1S/C21H27ClN2O4S/c1-13-7-9-18(14(2)11-13)15(3)23-21(25)16(4)24(29(6,26)27)19-12-17(22)8-10-20(19)28-5/h7-12,15-16H,1-6H3,(H,23,25). The number of rotatable bonds is 7. The summed E-state index contributed by atoms with van der Waals surface area (Å²) >= 11 is 6.07. The SMILES string of the molecule is COc1ccc(Cl)cc1N(C(C)C(=O)NC(C)c1ccc(C)cc1C)S(C)(=O)=O. The van der Waals surface area contributed by atoms with Crippen molar-refractivity contribution in [3.05, 3.63) is 58.1 Å². The highest BCUT2D eigenvalue weighted by Gasteiger charge is 2.32. The van der Waals surface area contributed by atoms with Crippen LogP contribution in [-0.2, 0) is 14.8 Å². The van der Waals surface area contributed by atoms with Crippen molar-refractivity contribution in [3.8, 4) is 5.75 Å². The van der Waals surface area contributed by atoms with Crippen LogP contribution in [-0.4, -0.2) is 33.7 Å². The molecule has 0 heterocycles. The number of aryl methyl sites for hydroxylation is 2. The molecule has 2 atom stereocenters. The minimum absolute atomic E-state index is 0.212. The number of hydrogen-bond donors (Lipinski definition) is 1. The van der Waals surface area contributed by atoms with Crippen LogP contribution in [0, 0.1) is 13.8 Å². The fourth-order valence-electron chi connectivity index (χ4n) is 3.34. The number of nitrogens with zero attached hydrogens (tertiary/aromatic N) is 1. The highest BCUT2D eigenvalue weighted by atomic mass is 35.5. The Balaban J connectivity index is 2.36. The summed E-state index contributed by atoms with van der Waals surface area (Å²) in [5.41, 5.74) is 3.38. The molecule has 2 unspecified atom stereocenters. The summed E-state index contributed by atoms with van der Waals surface area (Å²) in [6.07, 6.45) is 1.05. The second-order valence-corrected chi connectivity index (χ2v) is 9.44. The van der Waals surface area contributed by atoms with Crippen LogP contribution < -0.4 is 14.4 Å². The van der Waals surface area contributed by atoms with Gasteiger partial charge in [-0.25, -0.2) is 8.42 Å². The number of nitrogens with one attached hydrogen (secondary N) is 1. The zero-order valence-corrected chi connectivity index (χ0v) is 19.1. The molecule has 2 rings (SSSR count). The van der Waals surface area contributed by atoms with Crippen LogP contribution >= 0.6 is 11.6 Å². The molecule has 2 aromatic carbocycles. The van der Waals surface area contributed by atoms with Gasteiger partial charge in [-0.1, -0.05) is 35.4 Å². The van der Waals surface area contributed by atoms with Gasteiger partial charge in [-0.15, -0.1) is 0 Å². The lowest BCUT2D eigenvalue weighted by atomic mass is 10.00. The van der Waals surface area contributed by atoms with Gasteiger partial charge in [0.25, 0.3) is 0 Å². The summed E-state index contributed by atoms with van der Waals surface area (Å²) in [5.74, 6) is -0.119. The molecule has 1 amide bonds. The predicted octanol–water partition coefficient (Wildman–Crippen LogP) is 4.00. The number of carbonyl (C=O) groups is 1. The molecule has 0 radical (unpaired) electrons. The first-order valence-corrected chi connectivity index (χ1v) is 11.4. The molecular weight excluding hydrogens is 412 g/mol. The molecule has 0 fully saturated rings. The van der Waals surface area contributed by atoms with Crippen LogP contribution in [0.3, 0.4) is 0 Å². The van der Waals surface area contributed by atoms with E-state index in [9.17, 15) is 13.2 Å². The van der Waals surface area contributed by atoms with Gasteiger partial charge in [-0.2, -0.15) is 0 Å². The number of hydrogen-bond acceptors (Lipinski definition) is 4. The average molecular weight is 439 g/mol. The summed E-state index contributed by atoms with van der Waals surface area (Å²) < 4.78 is 31.4. The van der Waals surface area contributed by atoms with Gasteiger partial charge in [0.15, 0.2) is 0 Å². The number of benzene rings is 2. The van der Waals surface area contributed by atoms with E-state index in [1.807, 2.05) is 39.0 Å². The van der Waals surface area contributed by atoms with Crippen LogP contribution in [0.2, 0.25) is 5.02 Å². The predicted molar refractivity (Wildman–Crippen MR) is 117 cm³/mol. The van der Waals surface area contributed by atoms with Gasteiger partial charge in [0.05, 0.1) is 25.1 Å². The van der Waals surface area contributed by atoms with Crippen molar-refractivity contribution < 1.29 is 17.9 Å². The summed E-state index contributed by atoms with van der Waals surface area (Å²) in [5, 5.41) is 3.25. The first-order chi connectivity index (χ1) is 13.5. The van der Waals surface area contributed by atoms with Gasteiger partial charge >= 0.3 is 0 Å². The number of sulfonamides is 1. The summed E-state index contributed by atoms with van der Waals surface area (Å²) in [6, 6.07) is 9.33. The third kappa shape index (κ3) is 5.42. The Morgan fingerprint density at radius 2 is 1.79 bits per heavy atom. The topological polar surface area (TPSA) is 75.7 Å². The van der Waals surface area contributed by atoms with Crippen molar-refractivity contribution in [2.24, 2.45) is 0 Å². The second-order valence-electron chi connectivity index (χ2n) is 7.14. The van der Waals surface area contributed by atoms with E-state index in [4.69, 9.17) is 16.3 Å². The molecule has 0 aliphatic carbocycles. The van der Waals surface area contributed by atoms with Gasteiger partial charge in [0.1, 0.15) is 11.8 Å². The molecule has 1 N–H and O–H groups in total. The molecule has 8 heteroatoms. The van der Waals surface area contributed by atoms with Crippen LogP contribution in [0.5, 0.6) is 5.75 Å². The largest absolute Gasteiger partial charge is 0.495 e. The molecule has 0 spiro atoms. The molecular formula is C21H27ClN2O4S. The third-order valence-electron chi connectivity index (χ3n) is 4.72. The van der Waals surface area contributed by atoms with Crippen molar-refractivity contribution in [1.29, 1.82) is 0 Å². The van der Waals surface area contributed by atoms with Crippen LogP contribution in [0.25, 0.3) is 0 Å². The fourth-order valence-corrected chi connectivity index (χ4v) is 4.68. The Hall–Kier alpha value is -2.25. The molecule has 0 saturated heterocycles. The minimum Gasteiger partial charge on any atom is -0.495 e. The van der Waals surface area contributed by atoms with E-state index in [0.717, 1.165) is 27.3 Å². The van der Waals surface area contributed by atoms with E-state index in [-0.39, 0.29) is 11.7 Å². The monoisotopic (exact) mass is 438 g/mol. The van der Waals surface area contributed by atoms with Crippen LogP contribution in [0.4, 0.5) is 5.69 Å². The molecule has 2 aromatic rings. The van der Waals surface area contributed by atoms with Gasteiger partial charge in [-0.3, -0.25) is 9.10 Å². The maximum absolute atomic E-state index is 13.0. The second kappa shape index (κ2) is 9.05. The number of anilines is 1. The van der Waals surface area contributed by atoms with Crippen molar-refractivity contribution in [2.75, 3.05) is 17.7 Å². The number of halogens is 1. The quantitative estimate of drug-likeness (QED) is 0.708. The first kappa shape index (κ1) is 23.0. The number of methoxy groups -OCH3 is 1. The van der Waals surface area contributed by atoms with Gasteiger partial charge in [-0.05, 0) is 57.0 Å². The maximum atomic E-state index is 13.0. The van der Waals surface area contributed by atoms with E-state index >= 15 is 0 Å². The number of carbonyl (C=O) groups excluding carboxylic acids is 1. The minimum atomic E-state index is -3.79. The first-order valence-electron chi connectivity index (χ1n) is 9.16. The van der Waals surface area contributed by atoms with E-state index in [1.54, 1.807) is 12.1 Å². The highest BCUT2D eigenvalue weighted by molar-refractivity contribution is 7.92. The zero-order valence-electron chi connectivity index (χ0n) is 17.5. The summed E-state index contributed by atoms with van der Waals surface area (Å²) in [7, 11) is -2.36. The molecule has 0 bridgehead atoms.